The van der Waals surface area contributed by atoms with Gasteiger partial charge in [0.05, 0.1) is 25.0 Å². The van der Waals surface area contributed by atoms with Gasteiger partial charge in [-0.25, -0.2) is 4.79 Å². The average molecular weight is 509 g/mol. The molecule has 0 atom stereocenters. The fourth-order valence-electron chi connectivity index (χ4n) is 4.28. The van der Waals surface area contributed by atoms with E-state index in [1.165, 1.54) is 18.1 Å². The maximum absolute atomic E-state index is 13.4. The van der Waals surface area contributed by atoms with Gasteiger partial charge in [0.1, 0.15) is 17.2 Å². The summed E-state index contributed by atoms with van der Waals surface area (Å²) in [5, 5.41) is 0. The summed E-state index contributed by atoms with van der Waals surface area (Å²) in [6.45, 7) is 5.90. The molecule has 3 rings (SSSR count). The Kier molecular flexibility index (Phi) is 10.2. The van der Waals surface area contributed by atoms with Crippen LogP contribution < -0.4 is 14.4 Å². The summed E-state index contributed by atoms with van der Waals surface area (Å²) < 4.78 is 11.3. The third-order valence-corrected chi connectivity index (χ3v) is 6.54. The van der Waals surface area contributed by atoms with Crippen LogP contribution >= 0.6 is 0 Å². The molecule has 2 aromatic rings. The normalized spacial score (nSPS) is 13.6. The maximum Gasteiger partial charge on any atom is 0.260 e. The monoisotopic (exact) mass is 508 g/mol. The van der Waals surface area contributed by atoms with Crippen LogP contribution in [0.1, 0.15) is 41.6 Å². The number of aliphatic imine (C=N–C) groups is 1. The Morgan fingerprint density at radius 2 is 1.81 bits per heavy atom. The maximum atomic E-state index is 13.4. The van der Waals surface area contributed by atoms with Gasteiger partial charge in [-0.05, 0) is 63.1 Å². The Hall–Kier alpha value is -3.68. The van der Waals surface area contributed by atoms with Gasteiger partial charge in [0, 0.05) is 39.6 Å². The number of isocyanates is 1. The lowest BCUT2D eigenvalue weighted by Crippen LogP contribution is -2.47. The van der Waals surface area contributed by atoms with Crippen molar-refractivity contribution in [3.8, 4) is 11.5 Å². The number of para-hydroxylation sites is 1. The largest absolute Gasteiger partial charge is 0.494 e. The molecule has 0 unspecified atom stereocenters. The van der Waals surface area contributed by atoms with Gasteiger partial charge < -0.3 is 24.2 Å². The summed E-state index contributed by atoms with van der Waals surface area (Å²) >= 11 is 0. The number of benzene rings is 2. The first-order valence-electron chi connectivity index (χ1n) is 12.6. The second-order valence-corrected chi connectivity index (χ2v) is 9.24. The lowest BCUT2D eigenvalue weighted by Gasteiger charge is -2.32. The number of nitrogens with zero attached hydrogens (tertiary/aromatic N) is 4. The number of aryl methyl sites for hydroxylation is 1. The highest BCUT2D eigenvalue weighted by Crippen LogP contribution is 2.35. The van der Waals surface area contributed by atoms with E-state index in [2.05, 4.69) is 16.9 Å². The number of carbonyl (C=O) groups excluding carboxylic acids is 3. The number of hydrogen-bond donors (Lipinski definition) is 0. The number of rotatable bonds is 11. The molecule has 9 heteroatoms. The van der Waals surface area contributed by atoms with Crippen LogP contribution in [-0.4, -0.2) is 81.7 Å². The minimum Gasteiger partial charge on any atom is -0.494 e. The van der Waals surface area contributed by atoms with E-state index in [0.29, 0.717) is 30.2 Å². The van der Waals surface area contributed by atoms with Crippen LogP contribution in [-0.2, 0) is 9.59 Å². The quantitative estimate of drug-likeness (QED) is 0.259. The molecule has 1 heterocycles. The van der Waals surface area contributed by atoms with E-state index in [0.717, 1.165) is 51.0 Å². The van der Waals surface area contributed by atoms with Gasteiger partial charge in [-0.15, -0.1) is 0 Å². The predicted octanol–water partition coefficient (Wildman–Crippen LogP) is 3.96. The zero-order valence-corrected chi connectivity index (χ0v) is 22.2. The highest BCUT2D eigenvalue weighted by atomic mass is 16.5. The van der Waals surface area contributed by atoms with Crippen molar-refractivity contribution in [1.29, 1.82) is 0 Å². The van der Waals surface area contributed by atoms with Crippen LogP contribution in [0.4, 0.5) is 11.4 Å². The number of ether oxygens (including phenoxy) is 2. The van der Waals surface area contributed by atoms with Crippen molar-refractivity contribution >= 4 is 29.3 Å². The number of piperazine rings is 1. The number of carbonyl (C=O) groups is 2. The Bertz CT molecular complexity index is 1140. The van der Waals surface area contributed by atoms with Crippen LogP contribution in [0.25, 0.3) is 0 Å². The fraction of sp³-hybridized carbons (Fsp3) is 0.464. The van der Waals surface area contributed by atoms with E-state index in [9.17, 15) is 14.4 Å². The van der Waals surface area contributed by atoms with Crippen LogP contribution in [0.3, 0.4) is 0 Å². The SMILES string of the molecule is COc1cccc(C(=O)N(C)c2ccc(C)cc2OCCCCCC(=O)N2CCN(C)CC2)c1N=C=O. The molecule has 198 valence electrons. The van der Waals surface area contributed by atoms with Crippen molar-refractivity contribution in [2.45, 2.75) is 32.6 Å². The van der Waals surface area contributed by atoms with Gasteiger partial charge in [0.15, 0.2) is 0 Å². The number of methoxy groups -OCH3 is 1. The summed E-state index contributed by atoms with van der Waals surface area (Å²) in [5.41, 5.74) is 1.97. The van der Waals surface area contributed by atoms with Crippen LogP contribution in [0.5, 0.6) is 11.5 Å². The number of likely N-dealkylation sites (N-methyl/N-ethyl adjacent to an activating group) is 1. The minimum atomic E-state index is -0.357. The van der Waals surface area contributed by atoms with Crippen molar-refractivity contribution in [3.05, 3.63) is 47.5 Å². The Balaban J connectivity index is 1.58. The second-order valence-electron chi connectivity index (χ2n) is 9.24. The molecule has 0 N–H and O–H groups in total. The molecular formula is C28H36N4O5. The highest BCUT2D eigenvalue weighted by molar-refractivity contribution is 6.10. The van der Waals surface area contributed by atoms with Crippen LogP contribution in [0, 0.1) is 6.92 Å². The fourth-order valence-corrected chi connectivity index (χ4v) is 4.28. The van der Waals surface area contributed by atoms with E-state index in [4.69, 9.17) is 9.47 Å². The zero-order chi connectivity index (χ0) is 26.8. The average Bonchev–Trinajstić information content (AvgIpc) is 2.90. The zero-order valence-electron chi connectivity index (χ0n) is 22.2. The van der Waals surface area contributed by atoms with E-state index < -0.39 is 0 Å². The van der Waals surface area contributed by atoms with Gasteiger partial charge in [-0.2, -0.15) is 4.99 Å². The van der Waals surface area contributed by atoms with Crippen molar-refractivity contribution in [2.24, 2.45) is 4.99 Å². The standard InChI is InChI=1S/C28H36N4O5/c1-21-12-13-23(31(3)28(35)22-9-8-10-24(36-4)27(22)29-20-33)25(19-21)37-18-7-5-6-11-26(34)32-16-14-30(2)15-17-32/h8-10,12-13,19H,5-7,11,14-18H2,1-4H3. The van der Waals surface area contributed by atoms with Crippen molar-refractivity contribution in [3.63, 3.8) is 0 Å². The van der Waals surface area contributed by atoms with E-state index in [1.807, 2.05) is 30.0 Å². The highest BCUT2D eigenvalue weighted by Gasteiger charge is 2.22. The van der Waals surface area contributed by atoms with Gasteiger partial charge >= 0.3 is 0 Å². The number of amides is 2. The molecule has 0 radical (unpaired) electrons. The summed E-state index contributed by atoms with van der Waals surface area (Å²) in [6.07, 6.45) is 4.56. The van der Waals surface area contributed by atoms with Crippen molar-refractivity contribution < 1.29 is 23.9 Å². The molecule has 1 aliphatic heterocycles. The lowest BCUT2D eigenvalue weighted by molar-refractivity contribution is -0.132. The van der Waals surface area contributed by atoms with E-state index in [1.54, 1.807) is 25.2 Å². The summed E-state index contributed by atoms with van der Waals surface area (Å²) in [6, 6.07) is 10.5. The van der Waals surface area contributed by atoms with E-state index >= 15 is 0 Å². The molecule has 1 aliphatic rings. The smallest absolute Gasteiger partial charge is 0.260 e. The molecule has 2 aromatic carbocycles. The lowest BCUT2D eigenvalue weighted by atomic mass is 10.1. The topological polar surface area (TPSA) is 91.8 Å². The van der Waals surface area contributed by atoms with Crippen molar-refractivity contribution in [2.75, 3.05) is 58.9 Å². The minimum absolute atomic E-state index is 0.137. The molecule has 0 bridgehead atoms. The van der Waals surface area contributed by atoms with Crippen LogP contribution in [0.2, 0.25) is 0 Å². The number of hydrogen-bond acceptors (Lipinski definition) is 7. The number of anilines is 1. The third-order valence-electron chi connectivity index (χ3n) is 6.54. The van der Waals surface area contributed by atoms with Gasteiger partial charge in [0.25, 0.3) is 5.91 Å². The first-order valence-corrected chi connectivity index (χ1v) is 12.6. The molecule has 37 heavy (non-hydrogen) atoms. The molecule has 1 fully saturated rings. The van der Waals surface area contributed by atoms with Gasteiger partial charge in [-0.3, -0.25) is 9.59 Å². The molecule has 9 nitrogen and oxygen atoms in total. The second kappa shape index (κ2) is 13.6. The Morgan fingerprint density at radius 1 is 1.05 bits per heavy atom. The first kappa shape index (κ1) is 27.9. The summed E-state index contributed by atoms with van der Waals surface area (Å²) in [5.74, 6) is 0.775. The summed E-state index contributed by atoms with van der Waals surface area (Å²) in [7, 11) is 5.18. The molecule has 2 amide bonds. The Morgan fingerprint density at radius 3 is 2.51 bits per heavy atom. The summed E-state index contributed by atoms with van der Waals surface area (Å²) in [4.78, 5) is 46.1. The van der Waals surface area contributed by atoms with Crippen LogP contribution in [0.15, 0.2) is 41.4 Å². The Labute approximate surface area is 218 Å². The molecule has 0 aliphatic carbocycles. The molecule has 1 saturated heterocycles. The molecule has 0 saturated carbocycles. The van der Waals surface area contributed by atoms with E-state index in [-0.39, 0.29) is 23.1 Å². The first-order chi connectivity index (χ1) is 17.8. The van der Waals surface area contributed by atoms with Gasteiger partial charge in [0.2, 0.25) is 12.0 Å². The van der Waals surface area contributed by atoms with Crippen molar-refractivity contribution in [1.82, 2.24) is 9.80 Å². The predicted molar refractivity (Wildman–Crippen MR) is 143 cm³/mol. The number of unbranched alkanes of at least 4 members (excludes halogenated alkanes) is 2. The molecular weight excluding hydrogens is 472 g/mol. The van der Waals surface area contributed by atoms with Gasteiger partial charge in [-0.1, -0.05) is 12.1 Å². The third kappa shape index (κ3) is 7.41. The molecule has 0 spiro atoms. The molecule has 0 aromatic heterocycles.